The number of H-pyrrole nitrogens is 1. The number of hydrogen-bond donors (Lipinski definition) is 2. The quantitative estimate of drug-likeness (QED) is 0.253. The normalized spacial score (nSPS) is 11.1. The Morgan fingerprint density at radius 1 is 1.17 bits per heavy atom. The molecule has 0 unspecified atom stereocenters. The predicted octanol–water partition coefficient (Wildman–Crippen LogP) is 4.66. The molecule has 2 aromatic carbocycles. The first kappa shape index (κ1) is 23.6. The minimum Gasteiger partial charge on any atom is -0.490 e. The molecular weight excluding hydrogens is 453 g/mol. The smallest absolute Gasteiger partial charge is 0.255 e. The lowest BCUT2D eigenvalue weighted by atomic mass is 10.1. The van der Waals surface area contributed by atoms with Gasteiger partial charge in [-0.25, -0.2) is 4.39 Å². The lowest BCUT2D eigenvalue weighted by Crippen LogP contribution is -2.13. The summed E-state index contributed by atoms with van der Waals surface area (Å²) >= 11 is 0. The van der Waals surface area contributed by atoms with Gasteiger partial charge in [0.1, 0.15) is 18.2 Å². The fourth-order valence-electron chi connectivity index (χ4n) is 3.30. The highest BCUT2D eigenvalue weighted by Gasteiger charge is 2.17. The Morgan fingerprint density at radius 2 is 2.00 bits per heavy atom. The predicted molar refractivity (Wildman–Crippen MR) is 129 cm³/mol. The molecule has 0 aliphatic rings. The highest BCUT2D eigenvalue weighted by Crippen LogP contribution is 2.27. The lowest BCUT2D eigenvalue weighted by Gasteiger charge is -2.10. The molecule has 0 radical (unpaired) electrons. The number of anilines is 1. The first-order chi connectivity index (χ1) is 17.0. The maximum Gasteiger partial charge on any atom is 0.255 e. The topological polar surface area (TPSA) is 123 Å². The van der Waals surface area contributed by atoms with Crippen LogP contribution in [0.25, 0.3) is 22.6 Å². The first-order valence-corrected chi connectivity index (χ1v) is 10.9. The van der Waals surface area contributed by atoms with Crippen molar-refractivity contribution in [1.82, 2.24) is 20.6 Å². The average Bonchev–Trinajstić information content (AvgIpc) is 3.39. The van der Waals surface area contributed by atoms with E-state index in [1.165, 1.54) is 0 Å². The van der Waals surface area contributed by atoms with Crippen LogP contribution in [0, 0.1) is 5.82 Å². The molecule has 0 saturated heterocycles. The van der Waals surface area contributed by atoms with E-state index in [-0.39, 0.29) is 28.2 Å². The molecule has 35 heavy (non-hydrogen) atoms. The van der Waals surface area contributed by atoms with E-state index in [9.17, 15) is 14.0 Å². The second kappa shape index (κ2) is 11.0. The number of aromatic amines is 1. The maximum absolute atomic E-state index is 14.2. The third kappa shape index (κ3) is 5.85. The zero-order valence-electron chi connectivity index (χ0n) is 18.7. The third-order valence-electron chi connectivity index (χ3n) is 5.02. The number of ether oxygens (including phenoxy) is 1. The summed E-state index contributed by atoms with van der Waals surface area (Å²) in [6.07, 6.45) is 8.87. The molecular formula is C25H22FN5O4. The Balaban J connectivity index is 1.48. The van der Waals surface area contributed by atoms with E-state index in [0.717, 1.165) is 37.5 Å². The van der Waals surface area contributed by atoms with Gasteiger partial charge in [0.2, 0.25) is 5.82 Å². The van der Waals surface area contributed by atoms with Crippen molar-refractivity contribution in [1.29, 1.82) is 0 Å². The number of aromatic nitrogens is 4. The molecule has 4 rings (SSSR count). The number of rotatable bonds is 10. The van der Waals surface area contributed by atoms with Crippen LogP contribution in [0.5, 0.6) is 5.75 Å². The second-order valence-electron chi connectivity index (χ2n) is 7.52. The minimum atomic E-state index is -0.700. The maximum atomic E-state index is 14.2. The summed E-state index contributed by atoms with van der Waals surface area (Å²) in [5, 5.41) is 15.8. The molecule has 4 aromatic rings. The fraction of sp³-hybridized carbons (Fsp3) is 0.160. The number of carbonyl (C=O) groups excluding carboxylic acids is 1. The largest absolute Gasteiger partial charge is 0.490 e. The second-order valence-corrected chi connectivity index (χ2v) is 7.52. The van der Waals surface area contributed by atoms with Gasteiger partial charge < -0.3 is 14.5 Å². The Hall–Kier alpha value is -4.60. The minimum absolute atomic E-state index is 0.00522. The van der Waals surface area contributed by atoms with Crippen LogP contribution in [0.15, 0.2) is 76.5 Å². The van der Waals surface area contributed by atoms with Crippen LogP contribution >= 0.6 is 0 Å². The highest BCUT2D eigenvalue weighted by molar-refractivity contribution is 6.08. The summed E-state index contributed by atoms with van der Waals surface area (Å²) < 4.78 is 25.6. The standard InChI is InChI=1S/C25H22FN5O4/c1-2-3-4-5-6-7-12-34-18-10-8-16(9-11-18)25(33)27-20-14-17(26)13-19-21(32)15-22(35-23(19)20)24-28-30-31-29-24/h2,6-11,13-15H,1,3-5,12H2,(H,27,33)(H,28,29,30,31). The number of fused-ring (bicyclic) bond motifs is 1. The monoisotopic (exact) mass is 475 g/mol. The molecule has 0 aliphatic heterocycles. The Labute approximate surface area is 199 Å². The van der Waals surface area contributed by atoms with Gasteiger partial charge in [-0.15, -0.1) is 16.8 Å². The summed E-state index contributed by atoms with van der Waals surface area (Å²) in [6, 6.07) is 9.74. The molecule has 0 fully saturated rings. The number of benzene rings is 2. The van der Waals surface area contributed by atoms with Gasteiger partial charge in [-0.05, 0) is 54.8 Å². The molecule has 2 aromatic heterocycles. The molecule has 10 heteroatoms. The number of amides is 1. The van der Waals surface area contributed by atoms with E-state index < -0.39 is 17.2 Å². The SMILES string of the molecule is C=CCCCC=CCOc1ccc(C(=O)Nc2cc(F)cc3c(=O)cc(-c4nn[nH]n4)oc23)cc1. The number of halogens is 1. The van der Waals surface area contributed by atoms with Crippen molar-refractivity contribution < 1.29 is 18.3 Å². The zero-order chi connectivity index (χ0) is 24.6. The van der Waals surface area contributed by atoms with Gasteiger partial charge in [0.25, 0.3) is 5.91 Å². The van der Waals surface area contributed by atoms with E-state index in [0.29, 0.717) is 17.9 Å². The molecule has 1 amide bonds. The number of carbonyl (C=O) groups is 1. The van der Waals surface area contributed by atoms with Crippen molar-refractivity contribution in [2.45, 2.75) is 19.3 Å². The summed E-state index contributed by atoms with van der Waals surface area (Å²) in [6.45, 7) is 4.11. The van der Waals surface area contributed by atoms with Crippen LogP contribution < -0.4 is 15.5 Å². The van der Waals surface area contributed by atoms with Crippen LogP contribution in [0.1, 0.15) is 29.6 Å². The van der Waals surface area contributed by atoms with E-state index in [4.69, 9.17) is 9.15 Å². The first-order valence-electron chi connectivity index (χ1n) is 10.9. The van der Waals surface area contributed by atoms with Crippen molar-refractivity contribution in [3.8, 4) is 17.3 Å². The molecule has 2 N–H and O–H groups in total. The van der Waals surface area contributed by atoms with E-state index in [1.54, 1.807) is 24.3 Å². The number of hydrogen-bond acceptors (Lipinski definition) is 7. The van der Waals surface area contributed by atoms with Gasteiger partial charge in [0, 0.05) is 17.7 Å². The summed E-state index contributed by atoms with van der Waals surface area (Å²) in [7, 11) is 0. The molecule has 0 aliphatic carbocycles. The number of tetrazole rings is 1. The molecule has 0 atom stereocenters. The van der Waals surface area contributed by atoms with Crippen molar-refractivity contribution in [2.24, 2.45) is 0 Å². The Morgan fingerprint density at radius 3 is 2.74 bits per heavy atom. The van der Waals surface area contributed by atoms with Crippen LogP contribution in [0.4, 0.5) is 10.1 Å². The Kier molecular flexibility index (Phi) is 7.41. The van der Waals surface area contributed by atoms with E-state index in [2.05, 4.69) is 38.6 Å². The molecule has 0 saturated carbocycles. The fourth-order valence-corrected chi connectivity index (χ4v) is 3.30. The number of nitrogens with one attached hydrogen (secondary N) is 2. The van der Waals surface area contributed by atoms with Crippen LogP contribution in [-0.2, 0) is 0 Å². The summed E-state index contributed by atoms with van der Waals surface area (Å²) in [5.41, 5.74) is -0.218. The van der Waals surface area contributed by atoms with Crippen molar-refractivity contribution in [3.63, 3.8) is 0 Å². The number of unbranched alkanes of at least 4 members (excludes halogenated alkanes) is 2. The third-order valence-corrected chi connectivity index (χ3v) is 5.02. The van der Waals surface area contributed by atoms with Crippen molar-refractivity contribution in [3.05, 3.63) is 88.9 Å². The van der Waals surface area contributed by atoms with Crippen LogP contribution in [-0.4, -0.2) is 33.1 Å². The number of allylic oxidation sites excluding steroid dienone is 2. The molecule has 0 spiro atoms. The summed E-state index contributed by atoms with van der Waals surface area (Å²) in [4.78, 5) is 25.3. The Bertz CT molecular complexity index is 1410. The van der Waals surface area contributed by atoms with Gasteiger partial charge in [0.05, 0.1) is 11.1 Å². The van der Waals surface area contributed by atoms with Gasteiger partial charge in [-0.2, -0.15) is 5.21 Å². The number of nitrogens with zero attached hydrogens (tertiary/aromatic N) is 3. The van der Waals surface area contributed by atoms with Gasteiger partial charge in [-0.3, -0.25) is 9.59 Å². The van der Waals surface area contributed by atoms with Crippen LogP contribution in [0.3, 0.4) is 0 Å². The summed E-state index contributed by atoms with van der Waals surface area (Å²) in [5.74, 6) is -0.543. The highest BCUT2D eigenvalue weighted by atomic mass is 19.1. The van der Waals surface area contributed by atoms with Gasteiger partial charge >= 0.3 is 0 Å². The van der Waals surface area contributed by atoms with E-state index >= 15 is 0 Å². The molecule has 9 nitrogen and oxygen atoms in total. The van der Waals surface area contributed by atoms with Crippen LogP contribution in [0.2, 0.25) is 0 Å². The van der Waals surface area contributed by atoms with Crippen molar-refractivity contribution in [2.75, 3.05) is 11.9 Å². The molecule has 178 valence electrons. The van der Waals surface area contributed by atoms with Gasteiger partial charge in [0.15, 0.2) is 16.8 Å². The molecule has 0 bridgehead atoms. The average molecular weight is 475 g/mol. The molecule has 2 heterocycles. The van der Waals surface area contributed by atoms with Crippen molar-refractivity contribution >= 4 is 22.6 Å². The zero-order valence-corrected chi connectivity index (χ0v) is 18.7. The van der Waals surface area contributed by atoms with Gasteiger partial charge in [-0.1, -0.05) is 18.2 Å². The lowest BCUT2D eigenvalue weighted by molar-refractivity contribution is 0.102. The van der Waals surface area contributed by atoms with E-state index in [1.807, 2.05) is 12.2 Å².